The smallest absolute Gasteiger partial charge is 0.232 e. The molecule has 0 aliphatic rings. The SMILES string of the molecule is C=CCN(c1cccc(Br)c1)S(C)(=O)=O. The van der Waals surface area contributed by atoms with E-state index in [-0.39, 0.29) is 6.54 Å². The van der Waals surface area contributed by atoms with Gasteiger partial charge in [0.15, 0.2) is 0 Å². The number of nitrogens with zero attached hydrogens (tertiary/aromatic N) is 1. The lowest BCUT2D eigenvalue weighted by molar-refractivity contribution is 0.598. The molecule has 0 spiro atoms. The summed E-state index contributed by atoms with van der Waals surface area (Å²) in [5.41, 5.74) is 0.631. The number of hydrogen-bond donors (Lipinski definition) is 0. The number of sulfonamides is 1. The highest BCUT2D eigenvalue weighted by molar-refractivity contribution is 9.10. The van der Waals surface area contributed by atoms with E-state index in [0.29, 0.717) is 5.69 Å². The molecule has 0 aromatic heterocycles. The van der Waals surface area contributed by atoms with Gasteiger partial charge in [0.2, 0.25) is 10.0 Å². The van der Waals surface area contributed by atoms with Gasteiger partial charge in [-0.05, 0) is 18.2 Å². The maximum absolute atomic E-state index is 11.5. The lowest BCUT2D eigenvalue weighted by Gasteiger charge is -2.20. The molecule has 3 nitrogen and oxygen atoms in total. The molecule has 1 rings (SSSR count). The Morgan fingerprint density at radius 2 is 2.20 bits per heavy atom. The van der Waals surface area contributed by atoms with E-state index in [0.717, 1.165) is 4.47 Å². The molecule has 0 unspecified atom stereocenters. The van der Waals surface area contributed by atoms with Gasteiger partial charge in [-0.15, -0.1) is 6.58 Å². The lowest BCUT2D eigenvalue weighted by Crippen LogP contribution is -2.29. The van der Waals surface area contributed by atoms with E-state index in [9.17, 15) is 8.42 Å². The van der Waals surface area contributed by atoms with Crippen molar-refractivity contribution < 1.29 is 8.42 Å². The Labute approximate surface area is 98.6 Å². The third-order valence-electron chi connectivity index (χ3n) is 1.79. The molecular formula is C10H12BrNO2S. The highest BCUT2D eigenvalue weighted by atomic mass is 79.9. The van der Waals surface area contributed by atoms with Gasteiger partial charge in [-0.25, -0.2) is 8.42 Å². The monoisotopic (exact) mass is 289 g/mol. The Balaban J connectivity index is 3.16. The molecule has 1 aromatic rings. The molecule has 82 valence electrons. The summed E-state index contributed by atoms with van der Waals surface area (Å²) in [6.07, 6.45) is 2.74. The van der Waals surface area contributed by atoms with Crippen LogP contribution in [-0.2, 0) is 10.0 Å². The molecule has 1 aromatic carbocycles. The molecule has 0 saturated heterocycles. The summed E-state index contributed by atoms with van der Waals surface area (Å²) in [6.45, 7) is 3.82. The second kappa shape index (κ2) is 4.81. The zero-order valence-corrected chi connectivity index (χ0v) is 10.8. The molecule has 0 heterocycles. The number of hydrogen-bond acceptors (Lipinski definition) is 2. The van der Waals surface area contributed by atoms with Crippen LogP contribution in [0.15, 0.2) is 41.4 Å². The highest BCUT2D eigenvalue weighted by Gasteiger charge is 2.15. The first-order chi connectivity index (χ1) is 6.95. The normalized spacial score (nSPS) is 11.1. The van der Waals surface area contributed by atoms with Crippen LogP contribution in [0.3, 0.4) is 0 Å². The van der Waals surface area contributed by atoms with E-state index < -0.39 is 10.0 Å². The van der Waals surface area contributed by atoms with E-state index in [1.54, 1.807) is 24.3 Å². The zero-order chi connectivity index (χ0) is 11.5. The van der Waals surface area contributed by atoms with Crippen molar-refractivity contribution in [3.8, 4) is 0 Å². The quantitative estimate of drug-likeness (QED) is 0.799. The van der Waals surface area contributed by atoms with E-state index in [4.69, 9.17) is 0 Å². The van der Waals surface area contributed by atoms with Gasteiger partial charge in [0, 0.05) is 4.47 Å². The second-order valence-electron chi connectivity index (χ2n) is 3.06. The molecule has 0 N–H and O–H groups in total. The van der Waals surface area contributed by atoms with E-state index in [1.807, 2.05) is 6.07 Å². The van der Waals surface area contributed by atoms with Gasteiger partial charge in [-0.1, -0.05) is 28.1 Å². The lowest BCUT2D eigenvalue weighted by atomic mass is 10.3. The van der Waals surface area contributed by atoms with Gasteiger partial charge in [0.05, 0.1) is 18.5 Å². The summed E-state index contributed by atoms with van der Waals surface area (Å²) >= 11 is 3.30. The van der Waals surface area contributed by atoms with Crippen LogP contribution in [0.2, 0.25) is 0 Å². The molecular weight excluding hydrogens is 278 g/mol. The van der Waals surface area contributed by atoms with Crippen LogP contribution in [0.1, 0.15) is 0 Å². The van der Waals surface area contributed by atoms with Gasteiger partial charge >= 0.3 is 0 Å². The zero-order valence-electron chi connectivity index (χ0n) is 8.35. The Kier molecular flexibility index (Phi) is 3.93. The minimum atomic E-state index is -3.26. The van der Waals surface area contributed by atoms with Gasteiger partial charge in [0.25, 0.3) is 0 Å². The predicted octanol–water partition coefficient (Wildman–Crippen LogP) is 2.40. The van der Waals surface area contributed by atoms with Crippen molar-refractivity contribution in [3.05, 3.63) is 41.4 Å². The number of benzene rings is 1. The van der Waals surface area contributed by atoms with Crippen molar-refractivity contribution in [1.29, 1.82) is 0 Å². The van der Waals surface area contributed by atoms with Gasteiger partial charge in [-0.3, -0.25) is 4.31 Å². The third kappa shape index (κ3) is 3.35. The first kappa shape index (κ1) is 12.3. The fourth-order valence-electron chi connectivity index (χ4n) is 1.18. The van der Waals surface area contributed by atoms with E-state index >= 15 is 0 Å². The fourth-order valence-corrected chi connectivity index (χ4v) is 2.44. The van der Waals surface area contributed by atoms with Crippen LogP contribution in [0, 0.1) is 0 Å². The molecule has 0 aliphatic heterocycles. The summed E-state index contributed by atoms with van der Waals surface area (Å²) in [7, 11) is -3.26. The predicted molar refractivity (Wildman–Crippen MR) is 66.5 cm³/mol. The first-order valence-electron chi connectivity index (χ1n) is 4.29. The standard InChI is InChI=1S/C10H12BrNO2S/c1-3-7-12(15(2,13)14)10-6-4-5-9(11)8-10/h3-6,8H,1,7H2,2H3. The number of rotatable bonds is 4. The Morgan fingerprint density at radius 1 is 1.53 bits per heavy atom. The van der Waals surface area contributed by atoms with Crippen LogP contribution in [0.4, 0.5) is 5.69 Å². The second-order valence-corrected chi connectivity index (χ2v) is 5.89. The topological polar surface area (TPSA) is 37.4 Å². The molecule has 0 atom stereocenters. The summed E-state index contributed by atoms with van der Waals surface area (Å²) in [5.74, 6) is 0. The number of halogens is 1. The molecule has 0 fully saturated rings. The van der Waals surface area contributed by atoms with Crippen LogP contribution < -0.4 is 4.31 Å². The van der Waals surface area contributed by atoms with Crippen molar-refractivity contribution in [2.75, 3.05) is 17.1 Å². The largest absolute Gasteiger partial charge is 0.267 e. The average Bonchev–Trinajstić information content (AvgIpc) is 2.12. The minimum Gasteiger partial charge on any atom is -0.267 e. The van der Waals surface area contributed by atoms with Crippen LogP contribution in [-0.4, -0.2) is 21.2 Å². The Morgan fingerprint density at radius 3 is 2.67 bits per heavy atom. The molecule has 15 heavy (non-hydrogen) atoms. The van der Waals surface area contributed by atoms with Crippen molar-refractivity contribution in [1.82, 2.24) is 0 Å². The minimum absolute atomic E-state index is 0.273. The van der Waals surface area contributed by atoms with Gasteiger partial charge in [-0.2, -0.15) is 0 Å². The fraction of sp³-hybridized carbons (Fsp3) is 0.200. The maximum atomic E-state index is 11.5. The first-order valence-corrected chi connectivity index (χ1v) is 6.93. The Bertz CT molecular complexity index is 456. The van der Waals surface area contributed by atoms with Crippen molar-refractivity contribution in [2.45, 2.75) is 0 Å². The molecule has 5 heteroatoms. The maximum Gasteiger partial charge on any atom is 0.232 e. The van der Waals surface area contributed by atoms with Crippen molar-refractivity contribution >= 4 is 31.6 Å². The third-order valence-corrected chi connectivity index (χ3v) is 3.45. The molecule has 0 amide bonds. The van der Waals surface area contributed by atoms with Crippen LogP contribution >= 0.6 is 15.9 Å². The summed E-state index contributed by atoms with van der Waals surface area (Å²) in [4.78, 5) is 0. The summed E-state index contributed by atoms with van der Waals surface area (Å²) < 4.78 is 25.1. The van der Waals surface area contributed by atoms with Crippen LogP contribution in [0.25, 0.3) is 0 Å². The summed E-state index contributed by atoms with van der Waals surface area (Å²) in [5, 5.41) is 0. The van der Waals surface area contributed by atoms with Gasteiger partial charge < -0.3 is 0 Å². The molecule has 0 radical (unpaired) electrons. The van der Waals surface area contributed by atoms with Crippen molar-refractivity contribution in [2.24, 2.45) is 0 Å². The van der Waals surface area contributed by atoms with Gasteiger partial charge in [0.1, 0.15) is 0 Å². The highest BCUT2D eigenvalue weighted by Crippen LogP contribution is 2.21. The number of anilines is 1. The van der Waals surface area contributed by atoms with Crippen LogP contribution in [0.5, 0.6) is 0 Å². The molecule has 0 aliphatic carbocycles. The van der Waals surface area contributed by atoms with E-state index in [2.05, 4.69) is 22.5 Å². The summed E-state index contributed by atoms with van der Waals surface area (Å²) in [6, 6.07) is 7.14. The Hall–Kier alpha value is -0.810. The van der Waals surface area contributed by atoms with Crippen molar-refractivity contribution in [3.63, 3.8) is 0 Å². The molecule has 0 saturated carbocycles. The molecule has 0 bridgehead atoms. The van der Waals surface area contributed by atoms with E-state index in [1.165, 1.54) is 10.6 Å². The average molecular weight is 290 g/mol.